The van der Waals surface area contributed by atoms with Gasteiger partial charge in [-0.3, -0.25) is 19.1 Å². The first kappa shape index (κ1) is 32.0. The van der Waals surface area contributed by atoms with E-state index in [1.54, 1.807) is 6.92 Å². The minimum Gasteiger partial charge on any atom is -0.378 e. The van der Waals surface area contributed by atoms with Crippen molar-refractivity contribution in [2.45, 2.75) is 96.4 Å². The van der Waals surface area contributed by atoms with Crippen LogP contribution in [-0.4, -0.2) is 111 Å². The van der Waals surface area contributed by atoms with E-state index < -0.39 is 30.5 Å². The van der Waals surface area contributed by atoms with E-state index in [1.165, 1.54) is 4.90 Å². The van der Waals surface area contributed by atoms with Gasteiger partial charge in [0.05, 0.1) is 37.4 Å². The fourth-order valence-electron chi connectivity index (χ4n) is 8.10. The SMILES string of the molecule is C[C@@H](OCC12CCC(CC1)OC2)[C@@H](NC(=O)[C@@H]1CNCC12CN(C(=O)[C@H]1CC1(C)C)C2)C(=O)N1CCC(OC(F)(F)F)CC1. The lowest BCUT2D eigenvalue weighted by molar-refractivity contribution is -0.345. The molecule has 5 saturated heterocycles. The molecule has 3 amide bonds. The molecule has 13 heteroatoms. The minimum absolute atomic E-state index is 0.0320. The minimum atomic E-state index is -4.72. The summed E-state index contributed by atoms with van der Waals surface area (Å²) >= 11 is 0. The lowest BCUT2D eigenvalue weighted by Gasteiger charge is -2.51. The van der Waals surface area contributed by atoms with Gasteiger partial charge in [-0.1, -0.05) is 13.8 Å². The first-order valence-corrected chi connectivity index (χ1v) is 16.3. The first-order chi connectivity index (χ1) is 20.7. The predicted octanol–water partition coefficient (Wildman–Crippen LogP) is 2.46. The zero-order valence-corrected chi connectivity index (χ0v) is 26.0. The summed E-state index contributed by atoms with van der Waals surface area (Å²) in [7, 11) is 0. The average molecular weight is 629 g/mol. The second-order valence-electron chi connectivity index (χ2n) is 15.1. The summed E-state index contributed by atoms with van der Waals surface area (Å²) in [5.74, 6) is -0.861. The van der Waals surface area contributed by atoms with E-state index in [2.05, 4.69) is 29.2 Å². The summed E-state index contributed by atoms with van der Waals surface area (Å²) in [6.07, 6.45) is -1.13. The van der Waals surface area contributed by atoms with Crippen molar-refractivity contribution in [2.24, 2.45) is 28.1 Å². The van der Waals surface area contributed by atoms with Gasteiger partial charge in [-0.2, -0.15) is 0 Å². The van der Waals surface area contributed by atoms with Crippen LogP contribution in [0, 0.1) is 28.1 Å². The summed E-state index contributed by atoms with van der Waals surface area (Å²) in [6, 6.07) is -0.998. The van der Waals surface area contributed by atoms with Crippen LogP contribution in [0.25, 0.3) is 0 Å². The van der Waals surface area contributed by atoms with Crippen molar-refractivity contribution in [1.29, 1.82) is 0 Å². The van der Waals surface area contributed by atoms with Gasteiger partial charge >= 0.3 is 6.36 Å². The molecule has 1 spiro atoms. The van der Waals surface area contributed by atoms with Crippen molar-refractivity contribution in [3.8, 4) is 0 Å². The molecular weight excluding hydrogens is 581 g/mol. The summed E-state index contributed by atoms with van der Waals surface area (Å²) < 4.78 is 54.8. The van der Waals surface area contributed by atoms with Crippen molar-refractivity contribution in [3.63, 3.8) is 0 Å². The fourth-order valence-corrected chi connectivity index (χ4v) is 8.10. The van der Waals surface area contributed by atoms with Crippen LogP contribution in [-0.2, 0) is 28.6 Å². The third-order valence-electron chi connectivity index (χ3n) is 11.4. The molecule has 0 aromatic rings. The van der Waals surface area contributed by atoms with Crippen molar-refractivity contribution < 1.29 is 41.8 Å². The van der Waals surface area contributed by atoms with E-state index in [9.17, 15) is 27.6 Å². The number of rotatable bonds is 9. The maximum Gasteiger partial charge on any atom is 0.522 e. The Hall–Kier alpha value is -1.96. The molecular formula is C31H47F3N4O6. The zero-order valence-electron chi connectivity index (χ0n) is 26.0. The molecule has 7 fully saturated rings. The smallest absolute Gasteiger partial charge is 0.378 e. The monoisotopic (exact) mass is 628 g/mol. The molecule has 2 N–H and O–H groups in total. The number of carbonyl (C=O) groups is 3. The Morgan fingerprint density at radius 3 is 2.27 bits per heavy atom. The molecule has 2 saturated carbocycles. The number of ether oxygens (including phenoxy) is 3. The number of fused-ring (bicyclic) bond motifs is 3. The Labute approximate surface area is 257 Å². The number of hydrogen-bond donors (Lipinski definition) is 2. The number of piperidine rings is 1. The summed E-state index contributed by atoms with van der Waals surface area (Å²) in [6.45, 7) is 9.25. The van der Waals surface area contributed by atoms with Crippen LogP contribution < -0.4 is 10.6 Å². The molecule has 0 aromatic heterocycles. The highest BCUT2D eigenvalue weighted by Gasteiger charge is 2.60. The fraction of sp³-hybridized carbons (Fsp3) is 0.903. The van der Waals surface area contributed by atoms with E-state index in [1.807, 2.05) is 4.90 Å². The molecule has 5 heterocycles. The van der Waals surface area contributed by atoms with Crippen molar-refractivity contribution in [2.75, 3.05) is 52.5 Å². The van der Waals surface area contributed by atoms with Gasteiger partial charge in [0.1, 0.15) is 6.04 Å². The molecule has 10 nitrogen and oxygen atoms in total. The van der Waals surface area contributed by atoms with Gasteiger partial charge in [0.25, 0.3) is 0 Å². The summed E-state index contributed by atoms with van der Waals surface area (Å²) in [4.78, 5) is 44.1. The zero-order chi connectivity index (χ0) is 31.5. The quantitative estimate of drug-likeness (QED) is 0.404. The number of nitrogens with zero attached hydrogens (tertiary/aromatic N) is 2. The van der Waals surface area contributed by atoms with Gasteiger partial charge in [0.15, 0.2) is 0 Å². The second-order valence-corrected chi connectivity index (χ2v) is 15.1. The highest BCUT2D eigenvalue weighted by atomic mass is 19.4. The van der Waals surface area contributed by atoms with Gasteiger partial charge in [-0.15, -0.1) is 13.2 Å². The van der Waals surface area contributed by atoms with Crippen molar-refractivity contribution >= 4 is 17.7 Å². The third-order valence-corrected chi connectivity index (χ3v) is 11.4. The lowest BCUT2D eigenvalue weighted by Crippen LogP contribution is -2.65. The number of carbonyl (C=O) groups excluding carboxylic acids is 3. The van der Waals surface area contributed by atoms with Crippen molar-refractivity contribution in [1.82, 2.24) is 20.4 Å². The van der Waals surface area contributed by atoms with Crippen LogP contribution in [0.1, 0.15) is 65.7 Å². The molecule has 7 aliphatic rings. The highest BCUT2D eigenvalue weighted by Crippen LogP contribution is 2.54. The maximum absolute atomic E-state index is 13.9. The van der Waals surface area contributed by atoms with Gasteiger partial charge in [0, 0.05) is 56.0 Å². The molecule has 2 bridgehead atoms. The maximum atomic E-state index is 13.9. The van der Waals surface area contributed by atoms with Gasteiger partial charge in [-0.25, -0.2) is 0 Å². The number of amides is 3. The van der Waals surface area contributed by atoms with Crippen LogP contribution in [0.2, 0.25) is 0 Å². The molecule has 0 radical (unpaired) electrons. The number of nitrogens with one attached hydrogen (secondary N) is 2. The Bertz CT molecular complexity index is 1100. The molecule has 0 unspecified atom stereocenters. The largest absolute Gasteiger partial charge is 0.522 e. The van der Waals surface area contributed by atoms with E-state index in [0.29, 0.717) is 45.5 Å². The molecule has 248 valence electrons. The first-order valence-electron chi connectivity index (χ1n) is 16.3. The standard InChI is InChI=1S/C31H47F3N4O6/c1-19(42-17-29-8-4-20(5-9-29)43-18-29)24(27(41)37-10-6-21(7-11-37)44-31(32,33)34)36-25(39)23-13-35-14-30(23)15-38(16-30)26(40)22-12-28(22,2)3/h19-24,35H,4-18H2,1-3H3,(H,36,39)/t19-,20?,22-,23+,24-,29?/m1/s1. The van der Waals surface area contributed by atoms with Gasteiger partial charge < -0.3 is 29.9 Å². The van der Waals surface area contributed by atoms with Crippen LogP contribution in [0.4, 0.5) is 13.2 Å². The Kier molecular flexibility index (Phi) is 8.50. The van der Waals surface area contributed by atoms with E-state index >= 15 is 0 Å². The normalized spacial score (nSPS) is 34.0. The molecule has 4 atom stereocenters. The van der Waals surface area contributed by atoms with Crippen LogP contribution in [0.5, 0.6) is 0 Å². The second kappa shape index (κ2) is 11.7. The molecule has 2 aliphatic carbocycles. The predicted molar refractivity (Wildman–Crippen MR) is 152 cm³/mol. The van der Waals surface area contributed by atoms with E-state index in [0.717, 1.165) is 32.1 Å². The Morgan fingerprint density at radius 2 is 1.70 bits per heavy atom. The van der Waals surface area contributed by atoms with E-state index in [4.69, 9.17) is 9.47 Å². The van der Waals surface area contributed by atoms with Crippen molar-refractivity contribution in [3.05, 3.63) is 0 Å². The number of alkyl halides is 3. The summed E-state index contributed by atoms with van der Waals surface area (Å²) in [5, 5.41) is 6.33. The Morgan fingerprint density at radius 1 is 1.05 bits per heavy atom. The average Bonchev–Trinajstić information content (AvgIpc) is 3.38. The highest BCUT2D eigenvalue weighted by molar-refractivity contribution is 5.90. The van der Waals surface area contributed by atoms with Crippen LogP contribution >= 0.6 is 0 Å². The lowest BCUT2D eigenvalue weighted by atomic mass is 9.70. The Balaban J connectivity index is 1.11. The summed E-state index contributed by atoms with van der Waals surface area (Å²) in [5.41, 5.74) is -0.462. The van der Waals surface area contributed by atoms with Gasteiger partial charge in [0.2, 0.25) is 17.7 Å². The molecule has 7 rings (SSSR count). The molecule has 0 aromatic carbocycles. The molecule has 44 heavy (non-hydrogen) atoms. The third kappa shape index (κ3) is 6.48. The van der Waals surface area contributed by atoms with E-state index in [-0.39, 0.29) is 65.8 Å². The van der Waals surface area contributed by atoms with Crippen LogP contribution in [0.15, 0.2) is 0 Å². The van der Waals surface area contributed by atoms with Crippen LogP contribution in [0.3, 0.4) is 0 Å². The van der Waals surface area contributed by atoms with Gasteiger partial charge in [-0.05, 0) is 57.3 Å². The number of halogens is 3. The topological polar surface area (TPSA) is 109 Å². The number of likely N-dealkylation sites (tertiary alicyclic amines) is 2. The molecule has 5 aliphatic heterocycles. The number of hydrogen-bond acceptors (Lipinski definition) is 7.